The molecular formula is C69H122O6. The van der Waals surface area contributed by atoms with Crippen molar-refractivity contribution in [3.63, 3.8) is 0 Å². The molecule has 1 unspecified atom stereocenters. The topological polar surface area (TPSA) is 78.9 Å². The third-order valence-corrected chi connectivity index (χ3v) is 14.2. The lowest BCUT2D eigenvalue weighted by molar-refractivity contribution is -0.167. The first-order valence-corrected chi connectivity index (χ1v) is 32.4. The minimum absolute atomic E-state index is 0.0734. The SMILES string of the molecule is CC/C=C\C/C=C\C/C=C\C/C=C\C/C=C\CCCCCCCCCCCCCC(=O)OCC(COC(=O)CCCCCCCCCCC)OC(=O)CCCCCCCCCCC/C=C\CCCCCCCCCC. The van der Waals surface area contributed by atoms with E-state index < -0.39 is 6.10 Å². The Morgan fingerprint density at radius 2 is 0.520 bits per heavy atom. The standard InChI is InChI=1S/C69H122O6/c1-4-7-10-13-16-19-21-23-25-27-29-31-32-33-34-35-36-38-39-41-43-45-47-50-53-56-59-62-68(71)74-65-66(64-73-67(70)61-58-55-52-49-18-15-12-9-6-3)75-69(72)63-60-57-54-51-48-46-44-42-40-37-30-28-26-24-22-20-17-14-11-8-5-2/h7,10,16,19,23,25,28-31,33-34,66H,4-6,8-9,11-15,17-18,20-22,24,26-27,32,35-65H2,1-3H3/b10-7-,19-16-,25-23-,30-28-,31-29-,34-33-. The number of carbonyl (C=O) groups is 3. The summed E-state index contributed by atoms with van der Waals surface area (Å²) in [4.78, 5) is 38.2. The van der Waals surface area contributed by atoms with Crippen LogP contribution in [-0.2, 0) is 28.6 Å². The van der Waals surface area contributed by atoms with E-state index in [1.165, 1.54) is 199 Å². The summed E-state index contributed by atoms with van der Waals surface area (Å²) in [5.74, 6) is -0.866. The summed E-state index contributed by atoms with van der Waals surface area (Å²) in [7, 11) is 0. The number of carbonyl (C=O) groups excluding carboxylic acids is 3. The van der Waals surface area contributed by atoms with E-state index in [1.807, 2.05) is 0 Å². The Morgan fingerprint density at radius 1 is 0.280 bits per heavy atom. The molecule has 1 atom stereocenters. The van der Waals surface area contributed by atoms with Crippen LogP contribution in [0, 0.1) is 0 Å². The smallest absolute Gasteiger partial charge is 0.306 e. The van der Waals surface area contributed by atoms with Crippen LogP contribution in [0.4, 0.5) is 0 Å². The van der Waals surface area contributed by atoms with Crippen molar-refractivity contribution in [2.45, 2.75) is 335 Å². The summed E-state index contributed by atoms with van der Waals surface area (Å²) < 4.78 is 16.9. The zero-order valence-corrected chi connectivity index (χ0v) is 49.8. The van der Waals surface area contributed by atoms with E-state index in [0.29, 0.717) is 19.3 Å². The second kappa shape index (κ2) is 63.4. The highest BCUT2D eigenvalue weighted by Crippen LogP contribution is 2.17. The van der Waals surface area contributed by atoms with E-state index >= 15 is 0 Å². The number of rotatable bonds is 59. The molecule has 0 saturated carbocycles. The first-order valence-electron chi connectivity index (χ1n) is 32.4. The average molecular weight is 1050 g/mol. The van der Waals surface area contributed by atoms with Gasteiger partial charge in [0.25, 0.3) is 0 Å². The maximum Gasteiger partial charge on any atom is 0.306 e. The van der Waals surface area contributed by atoms with Gasteiger partial charge in [0.15, 0.2) is 6.10 Å². The summed E-state index contributed by atoms with van der Waals surface area (Å²) in [6, 6.07) is 0. The Balaban J connectivity index is 4.19. The van der Waals surface area contributed by atoms with Crippen molar-refractivity contribution in [2.24, 2.45) is 0 Å². The molecule has 0 aliphatic carbocycles. The van der Waals surface area contributed by atoms with Gasteiger partial charge in [0.2, 0.25) is 0 Å². The molecule has 0 fully saturated rings. The van der Waals surface area contributed by atoms with Gasteiger partial charge in [-0.1, -0.05) is 293 Å². The number of unbranched alkanes of at least 4 members (excludes halogenated alkanes) is 36. The predicted molar refractivity (Wildman–Crippen MR) is 325 cm³/mol. The van der Waals surface area contributed by atoms with Crippen molar-refractivity contribution < 1.29 is 28.6 Å². The molecule has 6 nitrogen and oxygen atoms in total. The summed E-state index contributed by atoms with van der Waals surface area (Å²) in [6.45, 7) is 6.54. The average Bonchev–Trinajstić information content (AvgIpc) is 3.41. The van der Waals surface area contributed by atoms with Gasteiger partial charge >= 0.3 is 17.9 Å². The van der Waals surface area contributed by atoms with E-state index in [-0.39, 0.29) is 31.1 Å². The Morgan fingerprint density at radius 3 is 0.827 bits per heavy atom. The molecule has 0 N–H and O–H groups in total. The van der Waals surface area contributed by atoms with Gasteiger partial charge in [-0.05, 0) is 89.9 Å². The molecule has 0 rings (SSSR count). The quantitative estimate of drug-likeness (QED) is 0.0261. The van der Waals surface area contributed by atoms with Gasteiger partial charge in [0.1, 0.15) is 13.2 Å². The van der Waals surface area contributed by atoms with Gasteiger partial charge in [0.05, 0.1) is 0 Å². The molecule has 0 aromatic heterocycles. The zero-order chi connectivity index (χ0) is 54.3. The molecule has 0 aliphatic heterocycles. The van der Waals surface area contributed by atoms with Gasteiger partial charge in [-0.2, -0.15) is 0 Å². The third kappa shape index (κ3) is 61.6. The summed E-state index contributed by atoms with van der Waals surface area (Å²) in [5, 5.41) is 0. The number of esters is 3. The molecule has 0 saturated heterocycles. The molecule has 0 amide bonds. The lowest BCUT2D eigenvalue weighted by atomic mass is 10.0. The first kappa shape index (κ1) is 71.8. The molecule has 0 bridgehead atoms. The lowest BCUT2D eigenvalue weighted by Gasteiger charge is -2.18. The highest BCUT2D eigenvalue weighted by Gasteiger charge is 2.19. The second-order valence-electron chi connectivity index (χ2n) is 21.6. The van der Waals surface area contributed by atoms with E-state index in [9.17, 15) is 14.4 Å². The Labute approximate surface area is 465 Å². The van der Waals surface area contributed by atoms with Gasteiger partial charge in [-0.3, -0.25) is 14.4 Å². The molecule has 0 aromatic rings. The fraction of sp³-hybridized carbons (Fsp3) is 0.783. The summed E-state index contributed by atoms with van der Waals surface area (Å²) in [6.07, 6.45) is 82.1. The summed E-state index contributed by atoms with van der Waals surface area (Å²) in [5.41, 5.74) is 0. The van der Waals surface area contributed by atoms with Crippen LogP contribution in [0.5, 0.6) is 0 Å². The number of hydrogen-bond donors (Lipinski definition) is 0. The minimum atomic E-state index is -0.775. The molecule has 0 aliphatic rings. The van der Waals surface area contributed by atoms with Gasteiger partial charge in [-0.15, -0.1) is 0 Å². The number of ether oxygens (including phenoxy) is 3. The van der Waals surface area contributed by atoms with Crippen LogP contribution in [0.3, 0.4) is 0 Å². The van der Waals surface area contributed by atoms with Crippen LogP contribution in [0.25, 0.3) is 0 Å². The second-order valence-corrected chi connectivity index (χ2v) is 21.6. The van der Waals surface area contributed by atoms with E-state index in [4.69, 9.17) is 14.2 Å². The van der Waals surface area contributed by atoms with Crippen LogP contribution in [0.15, 0.2) is 72.9 Å². The zero-order valence-electron chi connectivity index (χ0n) is 49.8. The largest absolute Gasteiger partial charge is 0.462 e. The fourth-order valence-electron chi connectivity index (χ4n) is 9.35. The molecule has 434 valence electrons. The maximum absolute atomic E-state index is 12.9. The minimum Gasteiger partial charge on any atom is -0.462 e. The predicted octanol–water partition coefficient (Wildman–Crippen LogP) is 22.1. The van der Waals surface area contributed by atoms with Gasteiger partial charge < -0.3 is 14.2 Å². The van der Waals surface area contributed by atoms with Crippen LogP contribution in [0.2, 0.25) is 0 Å². The van der Waals surface area contributed by atoms with Crippen LogP contribution in [0.1, 0.15) is 329 Å². The normalized spacial score (nSPS) is 12.5. The molecule has 0 spiro atoms. The van der Waals surface area contributed by atoms with Crippen molar-refractivity contribution in [1.82, 2.24) is 0 Å². The molecule has 0 heterocycles. The van der Waals surface area contributed by atoms with Crippen molar-refractivity contribution in [1.29, 1.82) is 0 Å². The van der Waals surface area contributed by atoms with Crippen LogP contribution < -0.4 is 0 Å². The van der Waals surface area contributed by atoms with Crippen molar-refractivity contribution in [3.8, 4) is 0 Å². The highest BCUT2D eigenvalue weighted by atomic mass is 16.6. The monoisotopic (exact) mass is 1050 g/mol. The molecular weight excluding hydrogens is 925 g/mol. The van der Waals surface area contributed by atoms with E-state index in [0.717, 1.165) is 89.9 Å². The van der Waals surface area contributed by atoms with Gasteiger partial charge in [0, 0.05) is 19.3 Å². The first-order chi connectivity index (χ1) is 37.0. The molecule has 6 heteroatoms. The molecule has 75 heavy (non-hydrogen) atoms. The third-order valence-electron chi connectivity index (χ3n) is 14.2. The van der Waals surface area contributed by atoms with Crippen molar-refractivity contribution >= 4 is 17.9 Å². The van der Waals surface area contributed by atoms with E-state index in [1.54, 1.807) is 0 Å². The van der Waals surface area contributed by atoms with Crippen molar-refractivity contribution in [2.75, 3.05) is 13.2 Å². The summed E-state index contributed by atoms with van der Waals surface area (Å²) >= 11 is 0. The lowest BCUT2D eigenvalue weighted by Crippen LogP contribution is -2.30. The fourth-order valence-corrected chi connectivity index (χ4v) is 9.35. The maximum atomic E-state index is 12.9. The van der Waals surface area contributed by atoms with E-state index in [2.05, 4.69) is 93.7 Å². The Hall–Kier alpha value is -3.15. The van der Waals surface area contributed by atoms with Crippen LogP contribution in [-0.4, -0.2) is 37.2 Å². The number of allylic oxidation sites excluding steroid dienone is 12. The number of hydrogen-bond acceptors (Lipinski definition) is 6. The molecule has 0 aromatic carbocycles. The highest BCUT2D eigenvalue weighted by molar-refractivity contribution is 5.71. The Bertz CT molecular complexity index is 1390. The van der Waals surface area contributed by atoms with Crippen LogP contribution >= 0.6 is 0 Å². The Kier molecular flexibility index (Phi) is 60.7. The van der Waals surface area contributed by atoms with Crippen molar-refractivity contribution in [3.05, 3.63) is 72.9 Å². The molecule has 0 radical (unpaired) electrons. The van der Waals surface area contributed by atoms with Gasteiger partial charge in [-0.25, -0.2) is 0 Å².